The minimum Gasteiger partial charge on any atom is -0.493 e. The van der Waals surface area contributed by atoms with Gasteiger partial charge in [0, 0.05) is 25.5 Å². The molecule has 2 aromatic rings. The molecule has 0 saturated heterocycles. The summed E-state index contributed by atoms with van der Waals surface area (Å²) in [5.41, 5.74) is 0.0953. The summed E-state index contributed by atoms with van der Waals surface area (Å²) in [6.45, 7) is 3.00. The number of hydrogen-bond acceptors (Lipinski definition) is 6. The summed E-state index contributed by atoms with van der Waals surface area (Å²) in [6, 6.07) is 7.91. The molecule has 0 bridgehead atoms. The molecule has 2 rings (SSSR count). The van der Waals surface area contributed by atoms with Crippen LogP contribution in [-0.4, -0.2) is 54.3 Å². The van der Waals surface area contributed by atoms with Gasteiger partial charge in [-0.3, -0.25) is 9.78 Å². The third kappa shape index (κ3) is 8.55. The van der Waals surface area contributed by atoms with Gasteiger partial charge in [-0.05, 0) is 51.0 Å². The summed E-state index contributed by atoms with van der Waals surface area (Å²) in [5, 5.41) is 2.66. The average Bonchev–Trinajstić information content (AvgIpc) is 2.75. The number of hydrogen-bond donors (Lipinski definition) is 1. The standard InChI is InChI=1S/C23H29F2N3O5/c1-23(2,3)33-22(30)28(15-16-8-6-11-26-14-16)13-7-12-27-20(29)17-9-5-10-18(31-4)19(17)32-21(24)25/h5-6,8-11,14,21H,7,12-13,15H2,1-4H3,(H,27,29). The first-order chi connectivity index (χ1) is 15.6. The highest BCUT2D eigenvalue weighted by Gasteiger charge is 2.23. The Morgan fingerprint density at radius 2 is 1.94 bits per heavy atom. The van der Waals surface area contributed by atoms with Crippen molar-refractivity contribution in [2.45, 2.75) is 45.9 Å². The molecule has 10 heteroatoms. The molecule has 180 valence electrons. The molecular formula is C23H29F2N3O5. The number of benzene rings is 1. The van der Waals surface area contributed by atoms with Crippen LogP contribution in [0, 0.1) is 0 Å². The zero-order valence-electron chi connectivity index (χ0n) is 19.1. The topological polar surface area (TPSA) is 90.0 Å². The Morgan fingerprint density at radius 1 is 1.18 bits per heavy atom. The second-order valence-corrected chi connectivity index (χ2v) is 8.09. The van der Waals surface area contributed by atoms with Crippen molar-refractivity contribution in [3.63, 3.8) is 0 Å². The van der Waals surface area contributed by atoms with Gasteiger partial charge >= 0.3 is 12.7 Å². The van der Waals surface area contributed by atoms with Gasteiger partial charge in [0.05, 0.1) is 19.2 Å². The number of pyridine rings is 1. The first kappa shape index (κ1) is 25.8. The Kier molecular flexibility index (Phi) is 9.38. The molecule has 1 aromatic carbocycles. The Morgan fingerprint density at radius 3 is 2.55 bits per heavy atom. The maximum atomic E-state index is 12.8. The molecule has 0 atom stereocenters. The molecule has 0 saturated carbocycles. The molecule has 0 fully saturated rings. The van der Waals surface area contributed by atoms with Gasteiger partial charge in [0.15, 0.2) is 11.5 Å². The van der Waals surface area contributed by atoms with Gasteiger partial charge in [-0.25, -0.2) is 4.79 Å². The number of nitrogens with one attached hydrogen (secondary N) is 1. The number of carbonyl (C=O) groups excluding carboxylic acids is 2. The van der Waals surface area contributed by atoms with E-state index in [1.54, 1.807) is 39.2 Å². The second kappa shape index (κ2) is 12.0. The van der Waals surface area contributed by atoms with E-state index in [0.29, 0.717) is 19.5 Å². The maximum absolute atomic E-state index is 12.8. The van der Waals surface area contributed by atoms with E-state index in [-0.39, 0.29) is 23.6 Å². The monoisotopic (exact) mass is 465 g/mol. The highest BCUT2D eigenvalue weighted by atomic mass is 19.3. The van der Waals surface area contributed by atoms with E-state index >= 15 is 0 Å². The van der Waals surface area contributed by atoms with Crippen LogP contribution in [0.1, 0.15) is 43.1 Å². The molecule has 1 N–H and O–H groups in total. The smallest absolute Gasteiger partial charge is 0.410 e. The summed E-state index contributed by atoms with van der Waals surface area (Å²) < 4.78 is 40.5. The fourth-order valence-electron chi connectivity index (χ4n) is 2.91. The molecule has 2 amide bonds. The summed E-state index contributed by atoms with van der Waals surface area (Å²) in [5.74, 6) is -0.907. The highest BCUT2D eigenvalue weighted by Crippen LogP contribution is 2.32. The van der Waals surface area contributed by atoms with Crippen molar-refractivity contribution in [3.05, 3.63) is 53.9 Å². The molecule has 0 unspecified atom stereocenters. The lowest BCUT2D eigenvalue weighted by Crippen LogP contribution is -2.38. The Balaban J connectivity index is 2.01. The Bertz CT molecular complexity index is 920. The minimum absolute atomic E-state index is 0.0236. The molecule has 0 aliphatic heterocycles. The normalized spacial score (nSPS) is 11.1. The van der Waals surface area contributed by atoms with Gasteiger partial charge < -0.3 is 24.4 Å². The molecule has 1 heterocycles. The number of halogens is 2. The van der Waals surface area contributed by atoms with E-state index in [9.17, 15) is 18.4 Å². The van der Waals surface area contributed by atoms with E-state index in [1.165, 1.54) is 30.2 Å². The summed E-state index contributed by atoms with van der Waals surface area (Å²) >= 11 is 0. The molecular weight excluding hydrogens is 436 g/mol. The van der Waals surface area contributed by atoms with Crippen molar-refractivity contribution in [1.82, 2.24) is 15.2 Å². The van der Waals surface area contributed by atoms with Gasteiger partial charge in [-0.1, -0.05) is 12.1 Å². The van der Waals surface area contributed by atoms with Crippen LogP contribution < -0.4 is 14.8 Å². The SMILES string of the molecule is COc1cccc(C(=O)NCCCN(Cc2cccnc2)C(=O)OC(C)(C)C)c1OC(F)F. The fourth-order valence-corrected chi connectivity index (χ4v) is 2.91. The van der Waals surface area contributed by atoms with Crippen LogP contribution in [0.3, 0.4) is 0 Å². The maximum Gasteiger partial charge on any atom is 0.410 e. The summed E-state index contributed by atoms with van der Waals surface area (Å²) in [6.07, 6.45) is 3.21. The third-order valence-electron chi connectivity index (χ3n) is 4.29. The summed E-state index contributed by atoms with van der Waals surface area (Å²) in [4.78, 5) is 30.8. The lowest BCUT2D eigenvalue weighted by atomic mass is 10.1. The van der Waals surface area contributed by atoms with Crippen molar-refractivity contribution in [2.24, 2.45) is 0 Å². The van der Waals surface area contributed by atoms with Crippen LogP contribution in [0.2, 0.25) is 0 Å². The van der Waals surface area contributed by atoms with Gasteiger partial charge in [0.25, 0.3) is 5.91 Å². The number of rotatable bonds is 10. The molecule has 0 spiro atoms. The Labute approximate surface area is 191 Å². The zero-order chi connectivity index (χ0) is 24.4. The second-order valence-electron chi connectivity index (χ2n) is 8.09. The van der Waals surface area contributed by atoms with E-state index in [2.05, 4.69) is 15.0 Å². The molecule has 0 radical (unpaired) electrons. The Hall–Kier alpha value is -3.43. The van der Waals surface area contributed by atoms with Crippen LogP contribution in [-0.2, 0) is 11.3 Å². The predicted molar refractivity (Wildman–Crippen MR) is 117 cm³/mol. The van der Waals surface area contributed by atoms with Crippen molar-refractivity contribution < 1.29 is 32.6 Å². The van der Waals surface area contributed by atoms with Crippen LogP contribution in [0.5, 0.6) is 11.5 Å². The first-order valence-electron chi connectivity index (χ1n) is 10.4. The summed E-state index contributed by atoms with van der Waals surface area (Å²) in [7, 11) is 1.29. The molecule has 0 aliphatic rings. The van der Waals surface area contributed by atoms with E-state index in [1.807, 2.05) is 6.07 Å². The zero-order valence-corrected chi connectivity index (χ0v) is 19.1. The van der Waals surface area contributed by atoms with Crippen molar-refractivity contribution in [1.29, 1.82) is 0 Å². The lowest BCUT2D eigenvalue weighted by Gasteiger charge is -2.27. The van der Waals surface area contributed by atoms with E-state index in [4.69, 9.17) is 9.47 Å². The minimum atomic E-state index is -3.11. The van der Waals surface area contributed by atoms with Crippen molar-refractivity contribution >= 4 is 12.0 Å². The number of amides is 2. The van der Waals surface area contributed by atoms with Crippen LogP contribution in [0.15, 0.2) is 42.7 Å². The molecule has 0 aliphatic carbocycles. The first-order valence-corrected chi connectivity index (χ1v) is 10.4. The third-order valence-corrected chi connectivity index (χ3v) is 4.29. The van der Waals surface area contributed by atoms with E-state index < -0.39 is 24.2 Å². The van der Waals surface area contributed by atoms with E-state index in [0.717, 1.165) is 5.56 Å². The van der Waals surface area contributed by atoms with Crippen molar-refractivity contribution in [3.8, 4) is 11.5 Å². The van der Waals surface area contributed by atoms with Crippen molar-refractivity contribution in [2.75, 3.05) is 20.2 Å². The number of nitrogens with zero attached hydrogens (tertiary/aromatic N) is 2. The lowest BCUT2D eigenvalue weighted by molar-refractivity contribution is -0.0515. The van der Waals surface area contributed by atoms with Gasteiger partial charge in [0.1, 0.15) is 5.60 Å². The van der Waals surface area contributed by atoms with Crippen LogP contribution >= 0.6 is 0 Å². The average molecular weight is 465 g/mol. The number of alkyl halides is 2. The number of aromatic nitrogens is 1. The quantitative estimate of drug-likeness (QED) is 0.528. The number of methoxy groups -OCH3 is 1. The molecule has 1 aromatic heterocycles. The number of ether oxygens (including phenoxy) is 3. The number of para-hydroxylation sites is 1. The van der Waals surface area contributed by atoms with Gasteiger partial charge in [0.2, 0.25) is 0 Å². The van der Waals surface area contributed by atoms with Crippen LogP contribution in [0.4, 0.5) is 13.6 Å². The highest BCUT2D eigenvalue weighted by molar-refractivity contribution is 5.97. The van der Waals surface area contributed by atoms with Crippen LogP contribution in [0.25, 0.3) is 0 Å². The van der Waals surface area contributed by atoms with Gasteiger partial charge in [-0.15, -0.1) is 0 Å². The predicted octanol–water partition coefficient (Wildman–Crippen LogP) is 4.25. The molecule has 8 nitrogen and oxygen atoms in total. The largest absolute Gasteiger partial charge is 0.493 e. The molecule has 33 heavy (non-hydrogen) atoms. The number of carbonyl (C=O) groups is 2. The fraction of sp³-hybridized carbons (Fsp3) is 0.435. The van der Waals surface area contributed by atoms with Gasteiger partial charge in [-0.2, -0.15) is 8.78 Å².